The zero-order valence-corrected chi connectivity index (χ0v) is 43.9. The molecule has 10 nitrogen and oxygen atoms in total. The van der Waals surface area contributed by atoms with Crippen LogP contribution in [0.15, 0.2) is 36.7 Å². The van der Waals surface area contributed by atoms with Crippen LogP contribution < -0.4 is 21.3 Å². The summed E-state index contributed by atoms with van der Waals surface area (Å²) < 4.78 is 6.10. The van der Waals surface area contributed by atoms with Crippen molar-refractivity contribution in [1.29, 1.82) is 0 Å². The molecule has 3 heterocycles. The number of amides is 1. The number of unbranched alkanes of at least 4 members (excludes halogenated alkanes) is 3. The lowest BCUT2D eigenvalue weighted by molar-refractivity contribution is -0.163. The fourth-order valence-electron chi connectivity index (χ4n) is 15.0. The zero-order chi connectivity index (χ0) is 48.3. The number of nitrogens with one attached hydrogen (secondary N) is 2. The first-order valence-corrected chi connectivity index (χ1v) is 28.0. The quantitative estimate of drug-likeness (QED) is 0.0659. The van der Waals surface area contributed by atoms with E-state index in [0.29, 0.717) is 29.3 Å². The third-order valence-corrected chi connectivity index (χ3v) is 18.8. The number of aryl methyl sites for hydroxylation is 1. The molecule has 1 aliphatic heterocycles. The molecule has 2 aromatic heterocycles. The second-order valence-corrected chi connectivity index (χ2v) is 23.9. The Labute approximate surface area is 413 Å². The highest BCUT2D eigenvalue weighted by atomic mass is 16.5. The first kappa shape index (κ1) is 52.6. The van der Waals surface area contributed by atoms with Crippen molar-refractivity contribution in [2.75, 3.05) is 43.9 Å². The topological polar surface area (TPSA) is 126 Å². The van der Waals surface area contributed by atoms with E-state index in [9.17, 15) is 9.59 Å². The number of hydrogen-bond donors (Lipinski definition) is 3. The number of pyridine rings is 2. The van der Waals surface area contributed by atoms with Crippen LogP contribution in [0.1, 0.15) is 187 Å². The molecule has 380 valence electrons. The summed E-state index contributed by atoms with van der Waals surface area (Å²) in [6, 6.07) is 9.08. The Morgan fingerprint density at radius 1 is 0.824 bits per heavy atom. The van der Waals surface area contributed by atoms with Crippen LogP contribution in [0, 0.1) is 52.3 Å². The van der Waals surface area contributed by atoms with Crippen LogP contribution in [0.25, 0.3) is 0 Å². The van der Waals surface area contributed by atoms with E-state index < -0.39 is 0 Å². The number of nitrogens with zero attached hydrogens (tertiary/aromatic N) is 4. The van der Waals surface area contributed by atoms with Gasteiger partial charge < -0.3 is 26.0 Å². The lowest BCUT2D eigenvalue weighted by Gasteiger charge is -2.61. The highest BCUT2D eigenvalue weighted by Gasteiger charge is 2.60. The Balaban J connectivity index is 0.717. The van der Waals surface area contributed by atoms with Crippen molar-refractivity contribution in [2.24, 2.45) is 58.0 Å². The SMILES string of the molecule is CC(C)CCC[C@@H](C)[C@H]1CC[C@H]2C3CCC4C[C@@H](OC(=O)CCC(=O)NCCCCNc5ccnc(CCCCC[C@H](N)[C@@H]6CCCN6Cc6cc(N(C)C)ccn6)c5)CCC4(C)[C@H]3CCC12C. The molecular formula is C58H95N7O3. The number of fused-ring (bicyclic) bond motifs is 5. The summed E-state index contributed by atoms with van der Waals surface area (Å²) in [6.07, 6.45) is 29.5. The van der Waals surface area contributed by atoms with E-state index in [1.807, 2.05) is 18.5 Å². The monoisotopic (exact) mass is 938 g/mol. The molecule has 4 saturated carbocycles. The maximum Gasteiger partial charge on any atom is 0.306 e. The van der Waals surface area contributed by atoms with Crippen molar-refractivity contribution in [1.82, 2.24) is 20.2 Å². The van der Waals surface area contributed by atoms with Crippen molar-refractivity contribution < 1.29 is 14.3 Å². The molecule has 1 saturated heterocycles. The Bertz CT molecular complexity index is 1890. The van der Waals surface area contributed by atoms with Crippen LogP contribution in [0.5, 0.6) is 0 Å². The van der Waals surface area contributed by atoms with Gasteiger partial charge in [0.05, 0.1) is 12.1 Å². The van der Waals surface area contributed by atoms with Gasteiger partial charge in [-0.15, -0.1) is 0 Å². The van der Waals surface area contributed by atoms with Crippen LogP contribution >= 0.6 is 0 Å². The molecule has 0 spiro atoms. The largest absolute Gasteiger partial charge is 0.462 e. The lowest BCUT2D eigenvalue weighted by atomic mass is 9.44. The molecule has 10 heteroatoms. The second-order valence-electron chi connectivity index (χ2n) is 23.9. The van der Waals surface area contributed by atoms with Crippen LogP contribution in [0.2, 0.25) is 0 Å². The molecule has 11 atom stereocenters. The molecule has 2 aromatic rings. The summed E-state index contributed by atoms with van der Waals surface area (Å²) in [4.78, 5) is 39.7. The first-order chi connectivity index (χ1) is 32.7. The molecule has 5 fully saturated rings. The standard InChI is InChI=1S/C58H95N7O3/c1-41(2)15-13-16-42(3)50-22-23-51-49-21-20-43-37-48(26-30-57(43,4)52(49)27-31-58(50,51)5)68-56(67)25-24-55(66)63-33-12-11-32-60-45-28-34-61-44(38-45)17-9-8-10-18-53(59)54-19-14-36-65(54)40-46-39-47(64(6)7)29-35-62-46/h28-29,34-35,38-39,41-43,48-54H,8-27,30-33,36-37,40,59H2,1-7H3,(H,60,61)(H,63,66)/t42-,43?,48+,49?,50-,51+,52+,53+,54+,57?,58?/m1/s1. The minimum absolute atomic E-state index is 0.00494. The Kier molecular flexibility index (Phi) is 19.1. The molecule has 4 unspecified atom stereocenters. The van der Waals surface area contributed by atoms with Crippen LogP contribution in [-0.4, -0.2) is 78.7 Å². The highest BCUT2D eigenvalue weighted by molar-refractivity contribution is 5.81. The summed E-state index contributed by atoms with van der Waals surface area (Å²) in [7, 11) is 4.14. The van der Waals surface area contributed by atoms with Crippen LogP contribution in [-0.2, 0) is 27.3 Å². The molecule has 0 bridgehead atoms. The average Bonchev–Trinajstić information content (AvgIpc) is 3.93. The minimum atomic E-state index is -0.205. The predicted octanol–water partition coefficient (Wildman–Crippen LogP) is 11.8. The smallest absolute Gasteiger partial charge is 0.306 e. The normalized spacial score (nSPS) is 30.0. The van der Waals surface area contributed by atoms with Crippen LogP contribution in [0.4, 0.5) is 11.4 Å². The van der Waals surface area contributed by atoms with Gasteiger partial charge in [0, 0.05) is 81.7 Å². The number of hydrogen-bond acceptors (Lipinski definition) is 9. The van der Waals surface area contributed by atoms with Gasteiger partial charge in [-0.2, -0.15) is 0 Å². The average molecular weight is 938 g/mol. The van der Waals surface area contributed by atoms with Gasteiger partial charge in [-0.3, -0.25) is 24.5 Å². The molecule has 0 radical (unpaired) electrons. The Hall–Kier alpha value is -3.24. The molecule has 7 rings (SSSR count). The van der Waals surface area contributed by atoms with Crippen molar-refractivity contribution in [3.63, 3.8) is 0 Å². The zero-order valence-electron chi connectivity index (χ0n) is 43.9. The van der Waals surface area contributed by atoms with E-state index in [-0.39, 0.29) is 36.9 Å². The fourth-order valence-corrected chi connectivity index (χ4v) is 15.0. The minimum Gasteiger partial charge on any atom is -0.462 e. The molecule has 68 heavy (non-hydrogen) atoms. The molecule has 1 amide bonds. The van der Waals surface area contributed by atoms with E-state index in [1.165, 1.54) is 82.7 Å². The Morgan fingerprint density at radius 3 is 2.43 bits per heavy atom. The van der Waals surface area contributed by atoms with Crippen molar-refractivity contribution in [2.45, 2.75) is 207 Å². The fraction of sp³-hybridized carbons (Fsp3) is 0.793. The number of aromatic nitrogens is 2. The van der Waals surface area contributed by atoms with Crippen molar-refractivity contribution >= 4 is 23.3 Å². The van der Waals surface area contributed by atoms with Gasteiger partial charge in [0.15, 0.2) is 0 Å². The molecular weight excluding hydrogens is 843 g/mol. The number of rotatable bonds is 25. The van der Waals surface area contributed by atoms with Gasteiger partial charge in [-0.05, 0) is 186 Å². The van der Waals surface area contributed by atoms with Crippen molar-refractivity contribution in [3.8, 4) is 0 Å². The maximum atomic E-state index is 13.0. The van der Waals surface area contributed by atoms with Gasteiger partial charge in [0.25, 0.3) is 0 Å². The van der Waals surface area contributed by atoms with E-state index in [4.69, 9.17) is 10.5 Å². The second kappa shape index (κ2) is 24.7. The molecule has 5 aliphatic rings. The number of carbonyl (C=O) groups excluding carboxylic acids is 2. The number of carbonyl (C=O) groups is 2. The summed E-state index contributed by atoms with van der Waals surface area (Å²) in [6.45, 7) is 16.0. The van der Waals surface area contributed by atoms with E-state index >= 15 is 0 Å². The van der Waals surface area contributed by atoms with Gasteiger partial charge in [-0.1, -0.05) is 66.7 Å². The van der Waals surface area contributed by atoms with Gasteiger partial charge in [0.1, 0.15) is 6.10 Å². The lowest BCUT2D eigenvalue weighted by Crippen LogP contribution is -2.54. The maximum absolute atomic E-state index is 13.0. The predicted molar refractivity (Wildman–Crippen MR) is 279 cm³/mol. The molecule has 4 N–H and O–H groups in total. The third-order valence-electron chi connectivity index (χ3n) is 18.8. The van der Waals surface area contributed by atoms with Crippen molar-refractivity contribution in [3.05, 3.63) is 48.0 Å². The molecule has 4 aliphatic carbocycles. The number of nitrogens with two attached hydrogens (primary N) is 1. The van der Waals surface area contributed by atoms with E-state index in [2.05, 4.69) is 97.3 Å². The van der Waals surface area contributed by atoms with Crippen LogP contribution in [0.3, 0.4) is 0 Å². The molecule has 0 aromatic carbocycles. The number of likely N-dealkylation sites (tertiary alicyclic amines) is 1. The first-order valence-electron chi connectivity index (χ1n) is 28.0. The third kappa shape index (κ3) is 13.6. The number of esters is 1. The summed E-state index contributed by atoms with van der Waals surface area (Å²) in [5, 5.41) is 6.58. The summed E-state index contributed by atoms with van der Waals surface area (Å²) in [5.41, 5.74) is 12.2. The van der Waals surface area contributed by atoms with Gasteiger partial charge in [0.2, 0.25) is 5.91 Å². The highest BCUT2D eigenvalue weighted by Crippen LogP contribution is 2.68. The van der Waals surface area contributed by atoms with Gasteiger partial charge in [-0.25, -0.2) is 0 Å². The summed E-state index contributed by atoms with van der Waals surface area (Å²) >= 11 is 0. The summed E-state index contributed by atoms with van der Waals surface area (Å²) in [5.74, 6) is 5.55. The van der Waals surface area contributed by atoms with E-state index in [1.54, 1.807) is 0 Å². The number of anilines is 2. The number of ether oxygens (including phenoxy) is 1. The van der Waals surface area contributed by atoms with Gasteiger partial charge >= 0.3 is 5.97 Å². The Morgan fingerprint density at radius 2 is 1.60 bits per heavy atom. The van der Waals surface area contributed by atoms with E-state index in [0.717, 1.165) is 130 Å².